The van der Waals surface area contributed by atoms with E-state index in [4.69, 9.17) is 4.74 Å². The lowest BCUT2D eigenvalue weighted by atomic mass is 10.2. The molecule has 1 heterocycles. The van der Waals surface area contributed by atoms with Crippen LogP contribution < -0.4 is 10.1 Å². The average Bonchev–Trinajstić information content (AvgIpc) is 3.12. The predicted molar refractivity (Wildman–Crippen MR) is 124 cm³/mol. The number of para-hydroxylation sites is 2. The van der Waals surface area contributed by atoms with E-state index in [1.165, 1.54) is 7.11 Å². The molecule has 33 heavy (non-hydrogen) atoms. The maximum absolute atomic E-state index is 12.3. The normalized spacial score (nSPS) is 11.1. The molecular formula is C25H22N4O4. The first kappa shape index (κ1) is 21.8. The fourth-order valence-electron chi connectivity index (χ4n) is 3.52. The van der Waals surface area contributed by atoms with Crippen LogP contribution in [0.1, 0.15) is 15.9 Å². The zero-order valence-electron chi connectivity index (χ0n) is 17.9. The minimum absolute atomic E-state index is 0.0883. The first-order valence-electron chi connectivity index (χ1n) is 10.3. The van der Waals surface area contributed by atoms with Crippen molar-refractivity contribution in [3.63, 3.8) is 0 Å². The first-order chi connectivity index (χ1) is 16.1. The molecule has 0 aliphatic heterocycles. The molecule has 1 aromatic heterocycles. The Morgan fingerprint density at radius 2 is 1.67 bits per heavy atom. The van der Waals surface area contributed by atoms with Gasteiger partial charge in [-0.15, -0.1) is 10.2 Å². The molecule has 0 fully saturated rings. The number of amides is 2. The Hall–Kier alpha value is -4.46. The van der Waals surface area contributed by atoms with E-state index in [9.17, 15) is 14.7 Å². The molecule has 0 unspecified atom stereocenters. The van der Waals surface area contributed by atoms with Crippen LogP contribution in [0.2, 0.25) is 0 Å². The second kappa shape index (κ2) is 9.78. The lowest BCUT2D eigenvalue weighted by Gasteiger charge is -2.07. The van der Waals surface area contributed by atoms with E-state index < -0.39 is 11.8 Å². The highest BCUT2D eigenvalue weighted by atomic mass is 16.5. The number of benzene rings is 3. The summed E-state index contributed by atoms with van der Waals surface area (Å²) in [6, 6.07) is 23.8. The molecule has 0 radical (unpaired) electrons. The van der Waals surface area contributed by atoms with Crippen molar-refractivity contribution >= 4 is 28.4 Å². The van der Waals surface area contributed by atoms with Crippen molar-refractivity contribution in [1.82, 2.24) is 9.88 Å². The van der Waals surface area contributed by atoms with Crippen LogP contribution in [0.15, 0.2) is 89.1 Å². The summed E-state index contributed by atoms with van der Waals surface area (Å²) in [4.78, 5) is 24.6. The molecule has 3 aromatic carbocycles. The Morgan fingerprint density at radius 1 is 0.970 bits per heavy atom. The van der Waals surface area contributed by atoms with E-state index in [1.54, 1.807) is 34.9 Å². The van der Waals surface area contributed by atoms with Gasteiger partial charge in [0.05, 0.1) is 24.7 Å². The molecule has 2 N–H and O–H groups in total. The summed E-state index contributed by atoms with van der Waals surface area (Å²) < 4.78 is 6.87. The van der Waals surface area contributed by atoms with Gasteiger partial charge in [0.15, 0.2) is 5.69 Å². The van der Waals surface area contributed by atoms with Crippen molar-refractivity contribution in [2.75, 3.05) is 13.7 Å². The SMILES string of the molecule is COc1ccccc1C(=O)NCC(=O)N=Nc1c(O)n(Cc2ccccc2)c2ccccc12. The number of aromatic nitrogens is 1. The van der Waals surface area contributed by atoms with Crippen LogP contribution in [0, 0.1) is 0 Å². The van der Waals surface area contributed by atoms with E-state index in [2.05, 4.69) is 15.5 Å². The van der Waals surface area contributed by atoms with E-state index in [-0.39, 0.29) is 18.1 Å². The number of fused-ring (bicyclic) bond motifs is 1. The van der Waals surface area contributed by atoms with Gasteiger partial charge >= 0.3 is 0 Å². The van der Waals surface area contributed by atoms with Crippen molar-refractivity contribution in [3.05, 3.63) is 90.0 Å². The predicted octanol–water partition coefficient (Wildman–Crippen LogP) is 4.44. The topological polar surface area (TPSA) is 105 Å². The van der Waals surface area contributed by atoms with E-state index >= 15 is 0 Å². The molecule has 8 nitrogen and oxygen atoms in total. The molecule has 0 spiro atoms. The number of azo groups is 1. The summed E-state index contributed by atoms with van der Waals surface area (Å²) in [5, 5.41) is 21.7. The smallest absolute Gasteiger partial charge is 0.283 e. The number of carbonyl (C=O) groups is 2. The van der Waals surface area contributed by atoms with Crippen molar-refractivity contribution in [1.29, 1.82) is 0 Å². The van der Waals surface area contributed by atoms with Gasteiger partial charge in [0, 0.05) is 5.39 Å². The van der Waals surface area contributed by atoms with Gasteiger partial charge in [-0.25, -0.2) is 0 Å². The Balaban J connectivity index is 1.51. The van der Waals surface area contributed by atoms with Gasteiger partial charge < -0.3 is 19.7 Å². The van der Waals surface area contributed by atoms with Gasteiger partial charge in [-0.05, 0) is 23.8 Å². The highest BCUT2D eigenvalue weighted by Crippen LogP contribution is 2.39. The quantitative estimate of drug-likeness (QED) is 0.413. The van der Waals surface area contributed by atoms with Crippen molar-refractivity contribution in [3.8, 4) is 11.6 Å². The standard InChI is InChI=1S/C25H22N4O4/c1-33-21-14-8-6-12-19(21)24(31)26-15-22(30)27-28-23-18-11-5-7-13-20(18)29(25(23)32)16-17-9-3-2-4-10-17/h2-14,32H,15-16H2,1H3,(H,26,31). The van der Waals surface area contributed by atoms with Gasteiger partial charge in [-0.1, -0.05) is 60.7 Å². The largest absolute Gasteiger partial charge is 0.496 e. The molecule has 4 rings (SSSR count). The van der Waals surface area contributed by atoms with Crippen LogP contribution in [0.25, 0.3) is 10.9 Å². The molecule has 0 saturated heterocycles. The molecule has 0 bridgehead atoms. The number of aromatic hydroxyl groups is 1. The number of rotatable bonds is 7. The van der Waals surface area contributed by atoms with Gasteiger partial charge in [-0.2, -0.15) is 0 Å². The van der Waals surface area contributed by atoms with E-state index in [0.29, 0.717) is 23.2 Å². The molecule has 0 aliphatic carbocycles. The Morgan fingerprint density at radius 3 is 2.45 bits per heavy atom. The maximum Gasteiger partial charge on any atom is 0.283 e. The van der Waals surface area contributed by atoms with Crippen LogP contribution in [-0.4, -0.2) is 35.1 Å². The fourth-order valence-corrected chi connectivity index (χ4v) is 3.52. The highest BCUT2D eigenvalue weighted by Gasteiger charge is 2.17. The maximum atomic E-state index is 12.3. The minimum Gasteiger partial charge on any atom is -0.496 e. The second-order valence-corrected chi connectivity index (χ2v) is 7.24. The lowest BCUT2D eigenvalue weighted by Crippen LogP contribution is -2.28. The van der Waals surface area contributed by atoms with Gasteiger partial charge in [0.1, 0.15) is 12.3 Å². The Kier molecular flexibility index (Phi) is 6.45. The van der Waals surface area contributed by atoms with Crippen LogP contribution in [-0.2, 0) is 11.3 Å². The molecule has 166 valence electrons. The van der Waals surface area contributed by atoms with Crippen molar-refractivity contribution in [2.24, 2.45) is 10.2 Å². The molecule has 8 heteroatoms. The Labute approximate surface area is 190 Å². The highest BCUT2D eigenvalue weighted by molar-refractivity contribution is 5.99. The van der Waals surface area contributed by atoms with Gasteiger partial charge in [0.2, 0.25) is 5.88 Å². The molecule has 0 atom stereocenters. The van der Waals surface area contributed by atoms with Gasteiger partial charge in [-0.3, -0.25) is 9.59 Å². The number of methoxy groups -OCH3 is 1. The molecule has 4 aromatic rings. The summed E-state index contributed by atoms with van der Waals surface area (Å²) in [5.74, 6) is -0.800. The van der Waals surface area contributed by atoms with Crippen molar-refractivity contribution < 1.29 is 19.4 Å². The summed E-state index contributed by atoms with van der Waals surface area (Å²) in [6.45, 7) is 0.0927. The molecular weight excluding hydrogens is 420 g/mol. The van der Waals surface area contributed by atoms with Crippen LogP contribution in [0.3, 0.4) is 0 Å². The summed E-state index contributed by atoms with van der Waals surface area (Å²) in [7, 11) is 1.46. The van der Waals surface area contributed by atoms with Crippen LogP contribution >= 0.6 is 0 Å². The summed E-state index contributed by atoms with van der Waals surface area (Å²) in [5.41, 5.74) is 2.29. The van der Waals surface area contributed by atoms with E-state index in [1.807, 2.05) is 48.5 Å². The third kappa shape index (κ3) is 4.74. The fraction of sp³-hybridized carbons (Fsp3) is 0.120. The number of nitrogens with one attached hydrogen (secondary N) is 1. The number of hydrogen-bond donors (Lipinski definition) is 2. The number of nitrogens with zero attached hydrogens (tertiary/aromatic N) is 3. The van der Waals surface area contributed by atoms with Crippen molar-refractivity contribution in [2.45, 2.75) is 6.54 Å². The number of ether oxygens (including phenoxy) is 1. The van der Waals surface area contributed by atoms with Crippen LogP contribution in [0.5, 0.6) is 11.6 Å². The minimum atomic E-state index is -0.655. The summed E-state index contributed by atoms with van der Waals surface area (Å²) in [6.07, 6.45) is 0. The first-order valence-corrected chi connectivity index (χ1v) is 10.3. The number of hydrogen-bond acceptors (Lipinski definition) is 5. The summed E-state index contributed by atoms with van der Waals surface area (Å²) >= 11 is 0. The second-order valence-electron chi connectivity index (χ2n) is 7.24. The third-order valence-corrected chi connectivity index (χ3v) is 5.11. The third-order valence-electron chi connectivity index (χ3n) is 5.11. The van der Waals surface area contributed by atoms with Gasteiger partial charge in [0.25, 0.3) is 11.8 Å². The monoisotopic (exact) mass is 442 g/mol. The van der Waals surface area contributed by atoms with Crippen LogP contribution in [0.4, 0.5) is 5.69 Å². The zero-order chi connectivity index (χ0) is 23.2. The zero-order valence-corrected chi connectivity index (χ0v) is 17.9. The van der Waals surface area contributed by atoms with E-state index in [0.717, 1.165) is 11.1 Å². The number of carbonyl (C=O) groups excluding carboxylic acids is 2. The molecule has 0 saturated carbocycles. The molecule has 2 amide bonds. The molecule has 0 aliphatic rings. The lowest BCUT2D eigenvalue weighted by molar-refractivity contribution is -0.117. The average molecular weight is 442 g/mol. The Bertz CT molecular complexity index is 1330.